The van der Waals surface area contributed by atoms with Gasteiger partial charge in [0.15, 0.2) is 6.23 Å². The number of para-hydroxylation sites is 1. The number of morpholine rings is 1. The van der Waals surface area contributed by atoms with Crippen LogP contribution in [-0.4, -0.2) is 47.1 Å². The lowest BCUT2D eigenvalue weighted by molar-refractivity contribution is -0.137. The maximum absolute atomic E-state index is 14.0. The summed E-state index contributed by atoms with van der Waals surface area (Å²) in [6.45, 7) is 10.2. The summed E-state index contributed by atoms with van der Waals surface area (Å²) in [4.78, 5) is 14.0. The van der Waals surface area contributed by atoms with Crippen molar-refractivity contribution in [3.63, 3.8) is 0 Å². The Morgan fingerprint density at radius 3 is 2.68 bits per heavy atom. The number of rotatable bonds is 8. The smallest absolute Gasteiger partial charge is 0.378 e. The molecule has 1 aliphatic heterocycles. The van der Waals surface area contributed by atoms with Crippen LogP contribution in [0, 0.1) is 0 Å². The molecule has 6 nitrogen and oxygen atoms in total. The van der Waals surface area contributed by atoms with Crippen molar-refractivity contribution in [1.82, 2.24) is 9.97 Å². The zero-order valence-electron chi connectivity index (χ0n) is 21.0. The first-order chi connectivity index (χ1) is 17.7. The molecule has 0 spiro atoms. The molecule has 2 heterocycles. The van der Waals surface area contributed by atoms with E-state index in [2.05, 4.69) is 21.5 Å². The molecule has 1 atom stereocenters. The van der Waals surface area contributed by atoms with Crippen molar-refractivity contribution in [2.75, 3.05) is 31.2 Å². The van der Waals surface area contributed by atoms with E-state index < -0.39 is 18.0 Å². The number of benzene rings is 2. The maximum Gasteiger partial charge on any atom is 0.417 e. The molecular weight excluding hydrogens is 481 g/mol. The van der Waals surface area contributed by atoms with Crippen LogP contribution in [0.4, 0.5) is 18.9 Å². The number of anilines is 1. The fourth-order valence-electron chi connectivity index (χ4n) is 4.25. The number of H-pyrrole nitrogens is 1. The summed E-state index contributed by atoms with van der Waals surface area (Å²) in [6.07, 6.45) is -0.615. The van der Waals surface area contributed by atoms with E-state index in [0.29, 0.717) is 60.7 Å². The highest BCUT2D eigenvalue weighted by Gasteiger charge is 2.35. The van der Waals surface area contributed by atoms with Crippen molar-refractivity contribution in [1.29, 1.82) is 0 Å². The van der Waals surface area contributed by atoms with Gasteiger partial charge in [0, 0.05) is 29.9 Å². The van der Waals surface area contributed by atoms with Crippen LogP contribution >= 0.6 is 0 Å². The van der Waals surface area contributed by atoms with E-state index in [1.54, 1.807) is 18.2 Å². The number of aliphatic hydroxyl groups is 1. The number of hydrogen-bond donors (Lipinski definition) is 2. The zero-order valence-corrected chi connectivity index (χ0v) is 21.0. The number of hydrogen-bond acceptors (Lipinski definition) is 5. The minimum absolute atomic E-state index is 0.0532. The normalized spacial score (nSPS) is 16.1. The number of fused-ring (bicyclic) bond motifs is 1. The van der Waals surface area contributed by atoms with E-state index in [4.69, 9.17) is 4.74 Å². The number of aliphatic imine (C=N–C) groups is 1. The van der Waals surface area contributed by atoms with Crippen LogP contribution in [0.1, 0.15) is 44.0 Å². The molecule has 1 unspecified atom stereocenters. The predicted molar refractivity (Wildman–Crippen MR) is 141 cm³/mol. The number of halogens is 3. The Balaban J connectivity index is 1.80. The van der Waals surface area contributed by atoms with Crippen molar-refractivity contribution < 1.29 is 23.0 Å². The Morgan fingerprint density at radius 1 is 1.24 bits per heavy atom. The molecule has 1 fully saturated rings. The van der Waals surface area contributed by atoms with Crippen molar-refractivity contribution in [3.05, 3.63) is 71.8 Å². The number of aromatic amines is 1. The Labute approximate surface area is 214 Å². The maximum atomic E-state index is 14.0. The largest absolute Gasteiger partial charge is 0.417 e. The topological polar surface area (TPSA) is 73.7 Å². The first-order valence-corrected chi connectivity index (χ1v) is 12.4. The van der Waals surface area contributed by atoms with Crippen LogP contribution in [0.5, 0.6) is 0 Å². The fraction of sp³-hybridized carbons (Fsp3) is 0.357. The van der Waals surface area contributed by atoms with E-state index in [1.807, 2.05) is 30.9 Å². The Morgan fingerprint density at radius 2 is 2.00 bits per heavy atom. The van der Waals surface area contributed by atoms with Gasteiger partial charge in [-0.2, -0.15) is 13.2 Å². The summed E-state index contributed by atoms with van der Waals surface area (Å²) < 4.78 is 47.3. The van der Waals surface area contributed by atoms with E-state index >= 15 is 0 Å². The molecule has 4 rings (SSSR count). The zero-order chi connectivity index (χ0) is 26.6. The minimum atomic E-state index is -4.56. The molecule has 0 radical (unpaired) electrons. The molecule has 1 aliphatic rings. The van der Waals surface area contributed by atoms with Gasteiger partial charge in [-0.05, 0) is 48.8 Å². The van der Waals surface area contributed by atoms with Crippen LogP contribution < -0.4 is 4.90 Å². The van der Waals surface area contributed by atoms with Gasteiger partial charge >= 0.3 is 6.18 Å². The summed E-state index contributed by atoms with van der Waals surface area (Å²) in [5.41, 5.74) is 2.44. The number of imidazole rings is 1. The van der Waals surface area contributed by atoms with Gasteiger partial charge in [-0.3, -0.25) is 0 Å². The van der Waals surface area contributed by atoms with Crippen LogP contribution in [-0.2, 0) is 10.9 Å². The second kappa shape index (κ2) is 11.3. The second-order valence-corrected chi connectivity index (χ2v) is 8.81. The van der Waals surface area contributed by atoms with Gasteiger partial charge in [-0.1, -0.05) is 38.6 Å². The van der Waals surface area contributed by atoms with Crippen molar-refractivity contribution in [2.24, 2.45) is 4.99 Å². The summed E-state index contributed by atoms with van der Waals surface area (Å²) in [7, 11) is 0. The standard InChI is InChI=1S/C28H31F3N4O2/c1-4-6-9-23(18(3)5-2)33-27(36)20-8-7-10-24-25(20)34-26(32-24)21-17-19(35-13-15-37-16-14-35)11-12-22(21)28(29,30)31/h6-12,17,27,36H,3-5,13-16H2,1-2H3,(H,32,34)/b9-6-,33-23?. The van der Waals surface area contributed by atoms with Crippen molar-refractivity contribution >= 4 is 22.4 Å². The van der Waals surface area contributed by atoms with Crippen molar-refractivity contribution in [2.45, 2.75) is 39.1 Å². The fourth-order valence-corrected chi connectivity index (χ4v) is 4.25. The lowest BCUT2D eigenvalue weighted by Crippen LogP contribution is -2.36. The number of nitrogens with zero attached hydrogens (tertiary/aromatic N) is 3. The molecule has 37 heavy (non-hydrogen) atoms. The number of ether oxygens (including phenoxy) is 1. The average Bonchev–Trinajstić information content (AvgIpc) is 3.34. The molecule has 0 bridgehead atoms. The average molecular weight is 513 g/mol. The third-order valence-corrected chi connectivity index (χ3v) is 6.32. The monoisotopic (exact) mass is 512 g/mol. The van der Waals surface area contributed by atoms with E-state index in [9.17, 15) is 18.3 Å². The first-order valence-electron chi connectivity index (χ1n) is 12.4. The molecule has 1 aromatic heterocycles. The van der Waals surface area contributed by atoms with E-state index in [0.717, 1.165) is 18.1 Å². The first kappa shape index (κ1) is 26.6. The van der Waals surface area contributed by atoms with Gasteiger partial charge in [0.25, 0.3) is 0 Å². The number of alkyl halides is 3. The van der Waals surface area contributed by atoms with Gasteiger partial charge in [-0.25, -0.2) is 9.98 Å². The highest BCUT2D eigenvalue weighted by atomic mass is 19.4. The third-order valence-electron chi connectivity index (χ3n) is 6.32. The predicted octanol–water partition coefficient (Wildman–Crippen LogP) is 6.45. The van der Waals surface area contributed by atoms with Gasteiger partial charge in [-0.15, -0.1) is 0 Å². The van der Waals surface area contributed by atoms with E-state index in [-0.39, 0.29) is 11.4 Å². The summed E-state index contributed by atoms with van der Waals surface area (Å²) in [5, 5.41) is 11.0. The molecule has 196 valence electrons. The van der Waals surface area contributed by atoms with Crippen LogP contribution in [0.2, 0.25) is 0 Å². The van der Waals surface area contributed by atoms with E-state index in [1.165, 1.54) is 12.1 Å². The molecule has 9 heteroatoms. The van der Waals surface area contributed by atoms with Gasteiger partial charge in [0.05, 0.1) is 35.5 Å². The highest BCUT2D eigenvalue weighted by Crippen LogP contribution is 2.39. The number of allylic oxidation sites excluding steroid dienone is 3. The molecule has 1 saturated heterocycles. The molecule has 0 aliphatic carbocycles. The highest BCUT2D eigenvalue weighted by molar-refractivity contribution is 6.08. The number of aliphatic hydroxyl groups excluding tert-OH is 1. The molecule has 2 N–H and O–H groups in total. The van der Waals surface area contributed by atoms with Gasteiger partial charge < -0.3 is 19.7 Å². The minimum Gasteiger partial charge on any atom is -0.378 e. The molecule has 0 amide bonds. The quantitative estimate of drug-likeness (QED) is 0.340. The molecule has 2 aromatic carbocycles. The van der Waals surface area contributed by atoms with Crippen LogP contribution in [0.25, 0.3) is 22.4 Å². The Hall–Kier alpha value is -3.43. The van der Waals surface area contributed by atoms with Gasteiger partial charge in [0.1, 0.15) is 5.82 Å². The second-order valence-electron chi connectivity index (χ2n) is 8.81. The van der Waals surface area contributed by atoms with Crippen LogP contribution in [0.15, 0.2) is 65.7 Å². The lowest BCUT2D eigenvalue weighted by atomic mass is 10.0. The number of nitrogens with one attached hydrogen (secondary N) is 1. The van der Waals surface area contributed by atoms with Gasteiger partial charge in [0.2, 0.25) is 0 Å². The molecule has 3 aromatic rings. The Bertz CT molecular complexity index is 1320. The van der Waals surface area contributed by atoms with Crippen LogP contribution in [0.3, 0.4) is 0 Å². The lowest BCUT2D eigenvalue weighted by Gasteiger charge is -2.29. The molecular formula is C28H31F3N4O2. The summed E-state index contributed by atoms with van der Waals surface area (Å²) in [5.74, 6) is 0.0742. The third kappa shape index (κ3) is 5.94. The van der Waals surface area contributed by atoms with Crippen molar-refractivity contribution in [3.8, 4) is 11.4 Å². The molecule has 0 saturated carbocycles. The summed E-state index contributed by atoms with van der Waals surface area (Å²) in [6, 6.07) is 9.19. The number of aromatic nitrogens is 2. The Kier molecular flexibility index (Phi) is 8.14. The SMILES string of the molecule is C=C(CC)C(/C=C\CC)=NC(O)c1cccc2[nH]c(-c3cc(N4CCOCC4)ccc3C(F)(F)F)nc12. The summed E-state index contributed by atoms with van der Waals surface area (Å²) >= 11 is 0.